The lowest BCUT2D eigenvalue weighted by Gasteiger charge is -2.38. The first-order valence-electron chi connectivity index (χ1n) is 10.0. The van der Waals surface area contributed by atoms with Gasteiger partial charge in [0.15, 0.2) is 0 Å². The molecule has 1 aliphatic heterocycles. The molecule has 7 heteroatoms. The Balaban J connectivity index is 1.57. The fourth-order valence-electron chi connectivity index (χ4n) is 4.27. The zero-order valence-corrected chi connectivity index (χ0v) is 17.6. The summed E-state index contributed by atoms with van der Waals surface area (Å²) in [4.78, 5) is 10.9. The van der Waals surface area contributed by atoms with E-state index in [1.54, 1.807) is 12.1 Å². The van der Waals surface area contributed by atoms with Crippen molar-refractivity contribution in [2.24, 2.45) is 0 Å². The van der Waals surface area contributed by atoms with Gasteiger partial charge in [-0.05, 0) is 36.8 Å². The summed E-state index contributed by atoms with van der Waals surface area (Å²) in [7, 11) is -3.40. The van der Waals surface area contributed by atoms with E-state index in [1.807, 2.05) is 18.2 Å². The van der Waals surface area contributed by atoms with E-state index in [4.69, 9.17) is 5.11 Å². The van der Waals surface area contributed by atoms with Gasteiger partial charge in [0, 0.05) is 25.8 Å². The van der Waals surface area contributed by atoms with Crippen LogP contribution in [0.1, 0.15) is 42.1 Å². The van der Waals surface area contributed by atoms with E-state index in [2.05, 4.69) is 23.8 Å². The molecule has 0 radical (unpaired) electrons. The first kappa shape index (κ1) is 21.5. The molecule has 1 heterocycles. The Morgan fingerprint density at radius 3 is 2.41 bits per heavy atom. The number of sulfonamides is 1. The molecule has 2 aromatic rings. The molecule has 6 nitrogen and oxygen atoms in total. The highest BCUT2D eigenvalue weighted by molar-refractivity contribution is 7.89. The Labute approximate surface area is 172 Å². The molecular weight excluding hydrogens is 388 g/mol. The molecule has 2 aromatic carbocycles. The third-order valence-electron chi connectivity index (χ3n) is 5.96. The van der Waals surface area contributed by atoms with Gasteiger partial charge < -0.3 is 5.11 Å². The van der Waals surface area contributed by atoms with E-state index in [-0.39, 0.29) is 17.9 Å². The molecule has 156 valence electrons. The van der Waals surface area contributed by atoms with Crippen LogP contribution in [0.3, 0.4) is 0 Å². The van der Waals surface area contributed by atoms with Crippen molar-refractivity contribution in [2.75, 3.05) is 18.8 Å². The highest BCUT2D eigenvalue weighted by Crippen LogP contribution is 2.34. The molecule has 3 rings (SSSR count). The van der Waals surface area contributed by atoms with Crippen LogP contribution in [0.4, 0.5) is 5.69 Å². The Morgan fingerprint density at radius 2 is 1.83 bits per heavy atom. The standard InChI is InChI=1S/C22H28N2O4S/c1-18-7-5-14-24(18,21-8-3-2-4-9-21)15-6-16-29(27,28)23-17-19-10-12-20(13-11-19)22(25)26/h2-4,8-13,18,23H,5-7,14-17H2,1H3/p+1/t18?,24-/m0/s1. The van der Waals surface area contributed by atoms with E-state index in [0.29, 0.717) is 12.5 Å². The molecule has 0 bridgehead atoms. The number of carboxylic acid groups (broad SMARTS) is 1. The van der Waals surface area contributed by atoms with Gasteiger partial charge in [0.25, 0.3) is 0 Å². The zero-order chi connectivity index (χ0) is 20.9. The van der Waals surface area contributed by atoms with Gasteiger partial charge >= 0.3 is 5.97 Å². The predicted octanol–water partition coefficient (Wildman–Crippen LogP) is 3.38. The van der Waals surface area contributed by atoms with Crippen molar-refractivity contribution in [3.63, 3.8) is 0 Å². The maximum absolute atomic E-state index is 12.5. The van der Waals surface area contributed by atoms with Gasteiger partial charge in [0.05, 0.1) is 30.4 Å². The molecule has 0 spiro atoms. The van der Waals surface area contributed by atoms with E-state index in [9.17, 15) is 13.2 Å². The number of nitrogens with one attached hydrogen (secondary N) is 1. The summed E-state index contributed by atoms with van der Waals surface area (Å²) < 4.78 is 28.4. The zero-order valence-electron chi connectivity index (χ0n) is 16.8. The Bertz CT molecular complexity index is 929. The van der Waals surface area contributed by atoms with Crippen LogP contribution in [-0.2, 0) is 16.6 Å². The topological polar surface area (TPSA) is 83.5 Å². The van der Waals surface area contributed by atoms with E-state index < -0.39 is 16.0 Å². The Morgan fingerprint density at radius 1 is 1.14 bits per heavy atom. The molecule has 1 aliphatic rings. The van der Waals surface area contributed by atoms with Crippen molar-refractivity contribution in [2.45, 2.75) is 38.8 Å². The number of carbonyl (C=O) groups is 1. The number of aromatic carboxylic acids is 1. The maximum Gasteiger partial charge on any atom is 0.335 e. The van der Waals surface area contributed by atoms with Crippen LogP contribution in [0.25, 0.3) is 0 Å². The number of benzene rings is 2. The lowest BCUT2D eigenvalue weighted by molar-refractivity contribution is 0.0697. The molecule has 0 amide bonds. The van der Waals surface area contributed by atoms with E-state index >= 15 is 0 Å². The van der Waals surface area contributed by atoms with Crippen molar-refractivity contribution in [1.29, 1.82) is 0 Å². The largest absolute Gasteiger partial charge is 0.478 e. The van der Waals surface area contributed by atoms with Crippen LogP contribution in [0.5, 0.6) is 0 Å². The number of hydrogen-bond donors (Lipinski definition) is 2. The molecule has 0 aromatic heterocycles. The second-order valence-corrected chi connectivity index (χ2v) is 9.73. The molecule has 0 saturated carbocycles. The Kier molecular flexibility index (Phi) is 6.72. The predicted molar refractivity (Wildman–Crippen MR) is 115 cm³/mol. The average molecular weight is 418 g/mol. The SMILES string of the molecule is CC1CCC[N@@+]1(CCCS(=O)(=O)NCc1ccc(C(=O)O)cc1)c1ccccc1. The average Bonchev–Trinajstić information content (AvgIpc) is 3.09. The smallest absolute Gasteiger partial charge is 0.335 e. The number of likely N-dealkylation sites (tertiary alicyclic amines) is 1. The third kappa shape index (κ3) is 5.23. The van der Waals surface area contributed by atoms with Crippen LogP contribution in [0.2, 0.25) is 0 Å². The van der Waals surface area contributed by atoms with Crippen LogP contribution in [-0.4, -0.2) is 44.4 Å². The van der Waals surface area contributed by atoms with Gasteiger partial charge in [0.2, 0.25) is 10.0 Å². The quantitative estimate of drug-likeness (QED) is 0.613. The number of para-hydroxylation sites is 1. The lowest BCUT2D eigenvalue weighted by Crippen LogP contribution is -2.52. The van der Waals surface area contributed by atoms with Gasteiger partial charge in [-0.3, -0.25) is 4.48 Å². The normalized spacial score (nSPS) is 21.9. The fraction of sp³-hybridized carbons (Fsp3) is 0.409. The van der Waals surface area contributed by atoms with Gasteiger partial charge in [-0.2, -0.15) is 0 Å². The number of quaternary nitrogens is 1. The van der Waals surface area contributed by atoms with Gasteiger partial charge in [0.1, 0.15) is 5.69 Å². The van der Waals surface area contributed by atoms with Crippen LogP contribution >= 0.6 is 0 Å². The summed E-state index contributed by atoms with van der Waals surface area (Å²) in [6.45, 7) is 4.28. The minimum Gasteiger partial charge on any atom is -0.478 e. The van der Waals surface area contributed by atoms with Crippen molar-refractivity contribution in [3.8, 4) is 0 Å². The lowest BCUT2D eigenvalue weighted by atomic mass is 10.1. The van der Waals surface area contributed by atoms with Crippen LogP contribution in [0.15, 0.2) is 54.6 Å². The first-order valence-corrected chi connectivity index (χ1v) is 11.7. The summed E-state index contributed by atoms with van der Waals surface area (Å²) in [5.41, 5.74) is 2.19. The molecule has 1 saturated heterocycles. The van der Waals surface area contributed by atoms with E-state index in [0.717, 1.165) is 36.0 Å². The van der Waals surface area contributed by atoms with Gasteiger partial charge in [-0.25, -0.2) is 17.9 Å². The van der Waals surface area contributed by atoms with E-state index in [1.165, 1.54) is 17.8 Å². The monoisotopic (exact) mass is 417 g/mol. The van der Waals surface area contributed by atoms with Gasteiger partial charge in [-0.15, -0.1) is 0 Å². The maximum atomic E-state index is 12.5. The number of rotatable bonds is 9. The highest BCUT2D eigenvalue weighted by Gasteiger charge is 2.40. The summed E-state index contributed by atoms with van der Waals surface area (Å²) in [6.07, 6.45) is 2.91. The molecule has 1 fully saturated rings. The summed E-state index contributed by atoms with van der Waals surface area (Å²) in [5, 5.41) is 8.93. The van der Waals surface area contributed by atoms with Crippen molar-refractivity contribution < 1.29 is 18.3 Å². The van der Waals surface area contributed by atoms with Gasteiger partial charge in [-0.1, -0.05) is 30.3 Å². The number of hydrogen-bond acceptors (Lipinski definition) is 3. The van der Waals surface area contributed by atoms with Crippen molar-refractivity contribution >= 4 is 21.7 Å². The van der Waals surface area contributed by atoms with Crippen molar-refractivity contribution in [3.05, 3.63) is 65.7 Å². The molecule has 2 atom stereocenters. The minimum absolute atomic E-state index is 0.0831. The summed E-state index contributed by atoms with van der Waals surface area (Å²) in [6, 6.07) is 17.1. The minimum atomic E-state index is -3.40. The first-order chi connectivity index (χ1) is 13.8. The molecule has 2 N–H and O–H groups in total. The molecule has 29 heavy (non-hydrogen) atoms. The third-order valence-corrected chi connectivity index (χ3v) is 7.37. The van der Waals surface area contributed by atoms with Crippen molar-refractivity contribution in [1.82, 2.24) is 9.21 Å². The molecule has 0 aliphatic carbocycles. The van der Waals surface area contributed by atoms with Crippen LogP contribution in [0, 0.1) is 0 Å². The molecular formula is C22H29N2O4S+. The molecule has 1 unspecified atom stereocenters. The summed E-state index contributed by atoms with van der Waals surface area (Å²) >= 11 is 0. The second-order valence-electron chi connectivity index (χ2n) is 7.80. The number of carboxylic acids is 1. The second kappa shape index (κ2) is 9.07. The van der Waals surface area contributed by atoms with Crippen LogP contribution < -0.4 is 9.21 Å². The summed E-state index contributed by atoms with van der Waals surface area (Å²) in [5.74, 6) is -0.913. The fourth-order valence-corrected chi connectivity index (χ4v) is 5.31. The Hall–Kier alpha value is -2.22. The number of nitrogens with zero attached hydrogens (tertiary/aromatic N) is 1. The highest BCUT2D eigenvalue weighted by atomic mass is 32.2.